The second-order valence-electron chi connectivity index (χ2n) is 2.92. The fourth-order valence-corrected chi connectivity index (χ4v) is 1.77. The number of benzene rings is 1. The van der Waals surface area contributed by atoms with Gasteiger partial charge in [-0.3, -0.25) is 0 Å². The van der Waals surface area contributed by atoms with E-state index in [0.29, 0.717) is 16.5 Å². The normalized spacial score (nSPS) is 10.3. The Bertz CT molecular complexity index is 444. The Labute approximate surface area is 101 Å². The monoisotopic (exact) mass is 286 g/mol. The van der Waals surface area contributed by atoms with Crippen molar-refractivity contribution >= 4 is 27.5 Å². The van der Waals surface area contributed by atoms with Crippen LogP contribution in [0.15, 0.2) is 41.1 Å². The molecule has 1 heterocycles. The van der Waals surface area contributed by atoms with Crippen LogP contribution in [0.2, 0.25) is 5.28 Å². The first-order valence-corrected chi connectivity index (χ1v) is 5.50. The third-order valence-electron chi connectivity index (χ3n) is 1.82. The SMILES string of the molecule is Clc1nc(Br)cn1OCc1ccccc1. The van der Waals surface area contributed by atoms with E-state index in [2.05, 4.69) is 20.9 Å². The van der Waals surface area contributed by atoms with Crippen LogP contribution in [-0.4, -0.2) is 9.71 Å². The summed E-state index contributed by atoms with van der Waals surface area (Å²) in [6, 6.07) is 9.86. The molecule has 0 saturated carbocycles. The van der Waals surface area contributed by atoms with E-state index >= 15 is 0 Å². The van der Waals surface area contributed by atoms with Crippen LogP contribution < -0.4 is 4.84 Å². The summed E-state index contributed by atoms with van der Waals surface area (Å²) >= 11 is 9.02. The topological polar surface area (TPSA) is 27.1 Å². The van der Waals surface area contributed by atoms with Gasteiger partial charge in [-0.2, -0.15) is 4.73 Å². The minimum atomic E-state index is 0.304. The van der Waals surface area contributed by atoms with Crippen molar-refractivity contribution < 1.29 is 4.84 Å². The molecule has 0 amide bonds. The molecule has 2 rings (SSSR count). The molecule has 15 heavy (non-hydrogen) atoms. The Balaban J connectivity index is 2.02. The minimum Gasteiger partial charge on any atom is -0.407 e. The molecule has 1 aromatic heterocycles. The molecule has 0 unspecified atom stereocenters. The van der Waals surface area contributed by atoms with Gasteiger partial charge < -0.3 is 4.84 Å². The molecule has 1 aromatic carbocycles. The predicted octanol–water partition coefficient (Wildman–Crippen LogP) is 2.93. The van der Waals surface area contributed by atoms with Crippen LogP contribution in [0.1, 0.15) is 5.56 Å². The number of rotatable bonds is 3. The van der Waals surface area contributed by atoms with Crippen LogP contribution >= 0.6 is 27.5 Å². The molecule has 3 nitrogen and oxygen atoms in total. The van der Waals surface area contributed by atoms with Crippen LogP contribution in [0, 0.1) is 0 Å². The van der Waals surface area contributed by atoms with Crippen molar-refractivity contribution in [2.45, 2.75) is 6.61 Å². The minimum absolute atomic E-state index is 0.304. The Morgan fingerprint density at radius 3 is 2.67 bits per heavy atom. The second kappa shape index (κ2) is 4.68. The van der Waals surface area contributed by atoms with Crippen molar-refractivity contribution in [2.24, 2.45) is 0 Å². The van der Waals surface area contributed by atoms with Crippen molar-refractivity contribution in [1.82, 2.24) is 9.71 Å². The first kappa shape index (κ1) is 10.5. The van der Waals surface area contributed by atoms with Gasteiger partial charge in [-0.25, -0.2) is 4.98 Å². The lowest BCUT2D eigenvalue weighted by Gasteiger charge is -2.06. The van der Waals surface area contributed by atoms with Gasteiger partial charge in [0, 0.05) is 0 Å². The molecule has 0 aliphatic carbocycles. The van der Waals surface area contributed by atoms with Crippen LogP contribution in [0.4, 0.5) is 0 Å². The summed E-state index contributed by atoms with van der Waals surface area (Å²) in [5.74, 6) is 0. The van der Waals surface area contributed by atoms with Gasteiger partial charge in [-0.05, 0) is 33.1 Å². The van der Waals surface area contributed by atoms with Crippen molar-refractivity contribution in [3.8, 4) is 0 Å². The van der Waals surface area contributed by atoms with E-state index < -0.39 is 0 Å². The largest absolute Gasteiger partial charge is 0.407 e. The molecule has 5 heteroatoms. The number of hydrogen-bond acceptors (Lipinski definition) is 2. The maximum absolute atomic E-state index is 5.81. The van der Waals surface area contributed by atoms with Gasteiger partial charge in [0.05, 0.1) is 6.20 Å². The molecule has 0 spiro atoms. The lowest BCUT2D eigenvalue weighted by atomic mass is 10.2. The Hall–Kier alpha value is -1.00. The van der Waals surface area contributed by atoms with Gasteiger partial charge in [0.15, 0.2) is 0 Å². The second-order valence-corrected chi connectivity index (χ2v) is 4.07. The number of imidazole rings is 1. The third kappa shape index (κ3) is 2.73. The van der Waals surface area contributed by atoms with E-state index in [9.17, 15) is 0 Å². The van der Waals surface area contributed by atoms with Gasteiger partial charge in [-0.15, -0.1) is 0 Å². The molecule has 0 atom stereocenters. The van der Waals surface area contributed by atoms with E-state index in [1.807, 2.05) is 30.3 Å². The molecule has 0 aliphatic heterocycles. The van der Waals surface area contributed by atoms with Crippen molar-refractivity contribution in [1.29, 1.82) is 0 Å². The van der Waals surface area contributed by atoms with Gasteiger partial charge in [0.2, 0.25) is 5.28 Å². The van der Waals surface area contributed by atoms with Crippen molar-refractivity contribution in [2.75, 3.05) is 0 Å². The fraction of sp³-hybridized carbons (Fsp3) is 0.100. The summed E-state index contributed by atoms with van der Waals surface area (Å²) in [6.45, 7) is 0.462. The van der Waals surface area contributed by atoms with Gasteiger partial charge >= 0.3 is 0 Å². The molecule has 78 valence electrons. The first-order valence-electron chi connectivity index (χ1n) is 4.33. The Kier molecular flexibility index (Phi) is 3.28. The van der Waals surface area contributed by atoms with Crippen molar-refractivity contribution in [3.05, 3.63) is 52.0 Å². The highest BCUT2D eigenvalue weighted by Crippen LogP contribution is 2.13. The third-order valence-corrected chi connectivity index (χ3v) is 2.45. The van der Waals surface area contributed by atoms with Crippen molar-refractivity contribution in [3.63, 3.8) is 0 Å². The molecular formula is C10H8BrClN2O. The fourth-order valence-electron chi connectivity index (χ4n) is 1.13. The van der Waals surface area contributed by atoms with Crippen LogP contribution in [0.5, 0.6) is 0 Å². The summed E-state index contributed by atoms with van der Waals surface area (Å²) in [5.41, 5.74) is 1.08. The lowest BCUT2D eigenvalue weighted by Crippen LogP contribution is -2.09. The molecule has 0 aliphatic rings. The maximum Gasteiger partial charge on any atom is 0.237 e. The van der Waals surface area contributed by atoms with Gasteiger partial charge in [0.25, 0.3) is 0 Å². The molecule has 0 N–H and O–H groups in total. The maximum atomic E-state index is 5.81. The van der Waals surface area contributed by atoms with E-state index in [1.54, 1.807) is 6.20 Å². The summed E-state index contributed by atoms with van der Waals surface area (Å²) in [7, 11) is 0. The van der Waals surface area contributed by atoms with Gasteiger partial charge in [0.1, 0.15) is 11.2 Å². The van der Waals surface area contributed by atoms with E-state index in [-0.39, 0.29) is 0 Å². The number of halogens is 2. The number of aromatic nitrogens is 2. The van der Waals surface area contributed by atoms with Crippen LogP contribution in [0.25, 0.3) is 0 Å². The number of nitrogens with zero attached hydrogens (tertiary/aromatic N) is 2. The van der Waals surface area contributed by atoms with Crippen LogP contribution in [-0.2, 0) is 6.61 Å². The highest BCUT2D eigenvalue weighted by molar-refractivity contribution is 9.10. The summed E-state index contributed by atoms with van der Waals surface area (Å²) in [4.78, 5) is 9.38. The summed E-state index contributed by atoms with van der Waals surface area (Å²) in [5, 5.41) is 0.304. The molecule has 0 saturated heterocycles. The predicted molar refractivity (Wildman–Crippen MR) is 61.7 cm³/mol. The highest BCUT2D eigenvalue weighted by atomic mass is 79.9. The Morgan fingerprint density at radius 2 is 2.07 bits per heavy atom. The average Bonchev–Trinajstić information content (AvgIpc) is 2.56. The zero-order valence-electron chi connectivity index (χ0n) is 7.73. The molecule has 2 aromatic rings. The van der Waals surface area contributed by atoms with Gasteiger partial charge in [-0.1, -0.05) is 30.3 Å². The molecule has 0 fully saturated rings. The zero-order valence-corrected chi connectivity index (χ0v) is 10.1. The summed E-state index contributed by atoms with van der Waals surface area (Å²) < 4.78 is 2.08. The first-order chi connectivity index (χ1) is 7.25. The average molecular weight is 288 g/mol. The highest BCUT2D eigenvalue weighted by Gasteiger charge is 2.03. The quantitative estimate of drug-likeness (QED) is 0.868. The molecular weight excluding hydrogens is 279 g/mol. The smallest absolute Gasteiger partial charge is 0.237 e. The standard InChI is InChI=1S/C10H8BrClN2O/c11-9-6-14(10(12)13-9)15-7-8-4-2-1-3-5-8/h1-6H,7H2. The van der Waals surface area contributed by atoms with E-state index in [0.717, 1.165) is 5.56 Å². The summed E-state index contributed by atoms with van der Waals surface area (Å²) in [6.07, 6.45) is 1.67. The zero-order chi connectivity index (χ0) is 10.7. The number of hydrogen-bond donors (Lipinski definition) is 0. The Morgan fingerprint density at radius 1 is 1.33 bits per heavy atom. The lowest BCUT2D eigenvalue weighted by molar-refractivity contribution is 0.0974. The molecule has 0 radical (unpaired) electrons. The van der Waals surface area contributed by atoms with Crippen LogP contribution in [0.3, 0.4) is 0 Å². The molecule has 0 bridgehead atoms. The van der Waals surface area contributed by atoms with E-state index in [1.165, 1.54) is 4.73 Å². The van der Waals surface area contributed by atoms with E-state index in [4.69, 9.17) is 16.4 Å².